The number of alkyl halides is 2. The van der Waals surface area contributed by atoms with E-state index in [0.717, 1.165) is 19.4 Å². The number of halogens is 2. The Hall–Kier alpha value is -2.02. The standard InChI is InChI=1S/C15H18F2N4O/c1-8-6-9(4-5-18-8)15(22)19-10-2-3-11-12(7-10)21-14(20-11)13(16)17/h2-3,7-9,13,18H,4-6H2,1H3,(H,19,22)(H,20,21)/t8-,9-/m0/s1. The van der Waals surface area contributed by atoms with Crippen LogP contribution in [-0.4, -0.2) is 28.5 Å². The molecule has 5 nitrogen and oxygen atoms in total. The molecule has 118 valence electrons. The van der Waals surface area contributed by atoms with Crippen LogP contribution in [-0.2, 0) is 4.79 Å². The second-order valence-electron chi connectivity index (χ2n) is 5.72. The van der Waals surface area contributed by atoms with Gasteiger partial charge in [-0.1, -0.05) is 0 Å². The van der Waals surface area contributed by atoms with E-state index in [1.54, 1.807) is 18.2 Å². The number of imidazole rings is 1. The molecular weight excluding hydrogens is 290 g/mol. The number of fused-ring (bicyclic) bond motifs is 1. The van der Waals surface area contributed by atoms with Crippen LogP contribution in [0.5, 0.6) is 0 Å². The number of aromatic amines is 1. The lowest BCUT2D eigenvalue weighted by molar-refractivity contribution is -0.120. The summed E-state index contributed by atoms with van der Waals surface area (Å²) in [6.45, 7) is 2.89. The molecule has 2 heterocycles. The molecule has 0 radical (unpaired) electrons. The highest BCUT2D eigenvalue weighted by molar-refractivity contribution is 5.94. The molecule has 0 saturated carbocycles. The minimum atomic E-state index is -2.64. The maximum Gasteiger partial charge on any atom is 0.295 e. The number of hydrogen-bond acceptors (Lipinski definition) is 3. The lowest BCUT2D eigenvalue weighted by atomic mass is 9.92. The van der Waals surface area contributed by atoms with E-state index in [2.05, 4.69) is 27.5 Å². The fourth-order valence-electron chi connectivity index (χ4n) is 2.82. The van der Waals surface area contributed by atoms with Crippen LogP contribution in [0.15, 0.2) is 18.2 Å². The zero-order valence-corrected chi connectivity index (χ0v) is 12.2. The molecule has 1 aliphatic rings. The number of carbonyl (C=O) groups is 1. The number of aromatic nitrogens is 2. The number of benzene rings is 1. The van der Waals surface area contributed by atoms with E-state index in [-0.39, 0.29) is 17.6 Å². The van der Waals surface area contributed by atoms with Gasteiger partial charge in [0.05, 0.1) is 11.0 Å². The molecule has 1 aliphatic heterocycles. The fourth-order valence-corrected chi connectivity index (χ4v) is 2.82. The average Bonchev–Trinajstić information content (AvgIpc) is 2.90. The monoisotopic (exact) mass is 308 g/mol. The zero-order valence-electron chi connectivity index (χ0n) is 12.2. The van der Waals surface area contributed by atoms with E-state index in [4.69, 9.17) is 0 Å². The third-order valence-corrected chi connectivity index (χ3v) is 3.97. The highest BCUT2D eigenvalue weighted by atomic mass is 19.3. The SMILES string of the molecule is C[C@H]1C[C@@H](C(=O)Nc2ccc3nc(C(F)F)[nH]c3c2)CCN1. The maximum absolute atomic E-state index is 12.6. The Kier molecular flexibility index (Phi) is 4.06. The van der Waals surface area contributed by atoms with Crippen molar-refractivity contribution in [1.29, 1.82) is 0 Å². The van der Waals surface area contributed by atoms with Crippen LogP contribution in [0.25, 0.3) is 11.0 Å². The number of carbonyl (C=O) groups excluding carboxylic acids is 1. The molecule has 1 fully saturated rings. The average molecular weight is 308 g/mol. The van der Waals surface area contributed by atoms with Gasteiger partial charge < -0.3 is 15.6 Å². The van der Waals surface area contributed by atoms with Gasteiger partial charge in [0.15, 0.2) is 5.82 Å². The van der Waals surface area contributed by atoms with Crippen molar-refractivity contribution in [2.24, 2.45) is 5.92 Å². The second kappa shape index (κ2) is 6.00. The molecule has 22 heavy (non-hydrogen) atoms. The first kappa shape index (κ1) is 14.9. The Morgan fingerprint density at radius 3 is 3.00 bits per heavy atom. The van der Waals surface area contributed by atoms with Crippen LogP contribution in [0.4, 0.5) is 14.5 Å². The largest absolute Gasteiger partial charge is 0.337 e. The molecule has 2 atom stereocenters. The maximum atomic E-state index is 12.6. The van der Waals surface area contributed by atoms with Crippen molar-refractivity contribution in [3.05, 3.63) is 24.0 Å². The van der Waals surface area contributed by atoms with Crippen molar-refractivity contribution < 1.29 is 13.6 Å². The summed E-state index contributed by atoms with van der Waals surface area (Å²) in [7, 11) is 0. The molecule has 2 aromatic rings. The van der Waals surface area contributed by atoms with Gasteiger partial charge >= 0.3 is 0 Å². The molecule has 3 rings (SSSR count). The first-order valence-electron chi connectivity index (χ1n) is 7.35. The molecule has 7 heteroatoms. The Morgan fingerprint density at radius 1 is 1.45 bits per heavy atom. The first-order valence-corrected chi connectivity index (χ1v) is 7.35. The van der Waals surface area contributed by atoms with Crippen LogP contribution < -0.4 is 10.6 Å². The molecule has 1 aromatic heterocycles. The van der Waals surface area contributed by atoms with Crippen LogP contribution in [0, 0.1) is 5.92 Å². The number of rotatable bonds is 3. The van der Waals surface area contributed by atoms with E-state index in [1.165, 1.54) is 0 Å². The Bertz CT molecular complexity index is 685. The number of H-pyrrole nitrogens is 1. The van der Waals surface area contributed by atoms with E-state index in [9.17, 15) is 13.6 Å². The van der Waals surface area contributed by atoms with Gasteiger partial charge in [0, 0.05) is 17.6 Å². The number of anilines is 1. The molecule has 0 aliphatic carbocycles. The Labute approximate surface area is 126 Å². The third kappa shape index (κ3) is 3.09. The lowest BCUT2D eigenvalue weighted by Crippen LogP contribution is -2.40. The van der Waals surface area contributed by atoms with Gasteiger partial charge in [0.25, 0.3) is 6.43 Å². The molecular formula is C15H18F2N4O. The number of nitrogens with zero attached hydrogens (tertiary/aromatic N) is 1. The minimum Gasteiger partial charge on any atom is -0.337 e. The van der Waals surface area contributed by atoms with Gasteiger partial charge in [0.1, 0.15) is 0 Å². The molecule has 1 aromatic carbocycles. The minimum absolute atomic E-state index is 0.0228. The van der Waals surface area contributed by atoms with Gasteiger partial charge in [-0.15, -0.1) is 0 Å². The molecule has 0 spiro atoms. The quantitative estimate of drug-likeness (QED) is 0.816. The summed E-state index contributed by atoms with van der Waals surface area (Å²) in [4.78, 5) is 18.7. The predicted molar refractivity (Wildman–Crippen MR) is 79.9 cm³/mol. The van der Waals surface area contributed by atoms with Crippen molar-refractivity contribution in [2.45, 2.75) is 32.2 Å². The third-order valence-electron chi connectivity index (χ3n) is 3.97. The fraction of sp³-hybridized carbons (Fsp3) is 0.467. The molecule has 0 unspecified atom stereocenters. The van der Waals surface area contributed by atoms with Crippen molar-refractivity contribution in [1.82, 2.24) is 15.3 Å². The number of hydrogen-bond donors (Lipinski definition) is 3. The van der Waals surface area contributed by atoms with Gasteiger partial charge in [0.2, 0.25) is 5.91 Å². The Balaban J connectivity index is 1.74. The number of nitrogens with one attached hydrogen (secondary N) is 3. The molecule has 3 N–H and O–H groups in total. The normalized spacial score (nSPS) is 22.2. The topological polar surface area (TPSA) is 69.8 Å². The zero-order chi connectivity index (χ0) is 15.7. The Morgan fingerprint density at radius 2 is 2.27 bits per heavy atom. The summed E-state index contributed by atoms with van der Waals surface area (Å²) in [5.74, 6) is -0.405. The van der Waals surface area contributed by atoms with Crippen molar-refractivity contribution >= 4 is 22.6 Å². The van der Waals surface area contributed by atoms with Crippen LogP contribution >= 0.6 is 0 Å². The van der Waals surface area contributed by atoms with Gasteiger partial charge in [-0.25, -0.2) is 13.8 Å². The predicted octanol–water partition coefficient (Wildman–Crippen LogP) is 2.83. The highest BCUT2D eigenvalue weighted by Crippen LogP contribution is 2.23. The number of piperidine rings is 1. The van der Waals surface area contributed by atoms with Gasteiger partial charge in [-0.05, 0) is 44.5 Å². The van der Waals surface area contributed by atoms with E-state index in [1.807, 2.05) is 0 Å². The van der Waals surface area contributed by atoms with Gasteiger partial charge in [-0.3, -0.25) is 4.79 Å². The number of amides is 1. The van der Waals surface area contributed by atoms with Gasteiger partial charge in [-0.2, -0.15) is 0 Å². The van der Waals surface area contributed by atoms with Crippen LogP contribution in [0.2, 0.25) is 0 Å². The van der Waals surface area contributed by atoms with Crippen molar-refractivity contribution in [3.8, 4) is 0 Å². The summed E-state index contributed by atoms with van der Waals surface area (Å²) in [6.07, 6.45) is -1.03. The van der Waals surface area contributed by atoms with Crippen LogP contribution in [0.1, 0.15) is 32.0 Å². The second-order valence-corrected chi connectivity index (χ2v) is 5.72. The van der Waals surface area contributed by atoms with E-state index in [0.29, 0.717) is 22.8 Å². The summed E-state index contributed by atoms with van der Waals surface area (Å²) in [5, 5.41) is 6.16. The lowest BCUT2D eigenvalue weighted by Gasteiger charge is -2.27. The summed E-state index contributed by atoms with van der Waals surface area (Å²) in [6, 6.07) is 5.27. The van der Waals surface area contributed by atoms with Crippen molar-refractivity contribution in [3.63, 3.8) is 0 Å². The van der Waals surface area contributed by atoms with Crippen molar-refractivity contribution in [2.75, 3.05) is 11.9 Å². The highest BCUT2D eigenvalue weighted by Gasteiger charge is 2.24. The summed E-state index contributed by atoms with van der Waals surface area (Å²) >= 11 is 0. The summed E-state index contributed by atoms with van der Waals surface area (Å²) in [5.41, 5.74) is 1.55. The van der Waals surface area contributed by atoms with Crippen LogP contribution in [0.3, 0.4) is 0 Å². The molecule has 1 saturated heterocycles. The van der Waals surface area contributed by atoms with E-state index >= 15 is 0 Å². The first-order chi connectivity index (χ1) is 10.5. The smallest absolute Gasteiger partial charge is 0.295 e. The van der Waals surface area contributed by atoms with E-state index < -0.39 is 6.43 Å². The molecule has 1 amide bonds. The molecule has 0 bridgehead atoms. The summed E-state index contributed by atoms with van der Waals surface area (Å²) < 4.78 is 25.3.